The summed E-state index contributed by atoms with van der Waals surface area (Å²) in [4.78, 5) is 16.9. The van der Waals surface area contributed by atoms with E-state index in [0.717, 1.165) is 15.8 Å². The average Bonchev–Trinajstić information content (AvgIpc) is 2.90. The van der Waals surface area contributed by atoms with Crippen molar-refractivity contribution in [2.24, 2.45) is 0 Å². The zero-order valence-corrected chi connectivity index (χ0v) is 13.4. The van der Waals surface area contributed by atoms with Crippen molar-refractivity contribution >= 4 is 44.4 Å². The van der Waals surface area contributed by atoms with Crippen LogP contribution in [0, 0.1) is 12.7 Å². The minimum Gasteiger partial charge on any atom is -0.301 e. The van der Waals surface area contributed by atoms with E-state index < -0.39 is 0 Å². The number of amides is 1. The maximum Gasteiger partial charge on any atom is 0.236 e. The molecule has 1 N–H and O–H groups in total. The normalized spacial score (nSPS) is 10.8. The Morgan fingerprint density at radius 1 is 1.27 bits per heavy atom. The van der Waals surface area contributed by atoms with E-state index in [1.165, 1.54) is 29.2 Å². The van der Waals surface area contributed by atoms with E-state index >= 15 is 0 Å². The second-order valence-electron chi connectivity index (χ2n) is 4.71. The number of aryl methyl sites for hydroxylation is 1. The number of nitrogens with one attached hydrogen (secondary N) is 1. The quantitative estimate of drug-likeness (QED) is 0.717. The molecule has 22 heavy (non-hydrogen) atoms. The fourth-order valence-corrected chi connectivity index (χ4v) is 3.70. The van der Waals surface area contributed by atoms with Crippen molar-refractivity contribution in [3.63, 3.8) is 0 Å². The number of fused-ring (bicyclic) bond motifs is 1. The topological polar surface area (TPSA) is 42.0 Å². The van der Waals surface area contributed by atoms with Crippen molar-refractivity contribution in [3.8, 4) is 0 Å². The van der Waals surface area contributed by atoms with Crippen molar-refractivity contribution in [3.05, 3.63) is 53.8 Å². The van der Waals surface area contributed by atoms with E-state index in [1.54, 1.807) is 18.2 Å². The summed E-state index contributed by atoms with van der Waals surface area (Å²) in [5.41, 5.74) is 1.99. The molecule has 3 aromatic rings. The first-order chi connectivity index (χ1) is 10.6. The van der Waals surface area contributed by atoms with Gasteiger partial charge in [0.05, 0.1) is 16.0 Å². The van der Waals surface area contributed by atoms with Gasteiger partial charge in [-0.1, -0.05) is 35.6 Å². The van der Waals surface area contributed by atoms with E-state index in [4.69, 9.17) is 0 Å². The fraction of sp³-hybridized carbons (Fsp3) is 0.125. The van der Waals surface area contributed by atoms with Gasteiger partial charge >= 0.3 is 0 Å². The molecule has 0 saturated heterocycles. The van der Waals surface area contributed by atoms with Crippen LogP contribution in [0.4, 0.5) is 9.52 Å². The van der Waals surface area contributed by atoms with Crippen LogP contribution in [-0.2, 0) is 4.79 Å². The number of anilines is 1. The number of rotatable bonds is 4. The van der Waals surface area contributed by atoms with Gasteiger partial charge in [-0.25, -0.2) is 9.37 Å². The maximum atomic E-state index is 13.5. The number of nitrogens with zero attached hydrogens (tertiary/aromatic N) is 1. The number of aromatic nitrogens is 1. The smallest absolute Gasteiger partial charge is 0.236 e. The van der Waals surface area contributed by atoms with E-state index in [0.29, 0.717) is 10.0 Å². The molecule has 2 aromatic carbocycles. The Hall–Kier alpha value is -1.92. The van der Waals surface area contributed by atoms with Crippen LogP contribution >= 0.6 is 23.1 Å². The van der Waals surface area contributed by atoms with Crippen LogP contribution in [0.5, 0.6) is 0 Å². The molecule has 0 fully saturated rings. The lowest BCUT2D eigenvalue weighted by atomic mass is 10.2. The maximum absolute atomic E-state index is 13.5. The number of thioether (sulfide) groups is 1. The van der Waals surface area contributed by atoms with Gasteiger partial charge < -0.3 is 5.32 Å². The van der Waals surface area contributed by atoms with Crippen molar-refractivity contribution in [2.75, 3.05) is 11.1 Å². The zero-order chi connectivity index (χ0) is 15.5. The predicted octanol–water partition coefficient (Wildman–Crippen LogP) is 4.47. The molecule has 0 saturated carbocycles. The number of carbonyl (C=O) groups is 1. The molecule has 1 heterocycles. The number of hydrogen-bond donors (Lipinski definition) is 1. The molecule has 6 heteroatoms. The molecule has 0 aliphatic rings. The fourth-order valence-electron chi connectivity index (χ4n) is 2.00. The molecule has 0 unspecified atom stereocenters. The van der Waals surface area contributed by atoms with Gasteiger partial charge in [-0.2, -0.15) is 0 Å². The van der Waals surface area contributed by atoms with Crippen molar-refractivity contribution in [2.45, 2.75) is 11.8 Å². The number of carbonyl (C=O) groups excluding carboxylic acids is 1. The SMILES string of the molecule is Cc1cccc2sc(NC(=O)CSc3ccccc3F)nc12. The summed E-state index contributed by atoms with van der Waals surface area (Å²) >= 11 is 2.61. The lowest BCUT2D eigenvalue weighted by molar-refractivity contribution is -0.113. The number of para-hydroxylation sites is 1. The molecule has 1 amide bonds. The molecular weight excluding hydrogens is 319 g/mol. The molecule has 0 spiro atoms. The lowest BCUT2D eigenvalue weighted by Gasteiger charge is -2.02. The highest BCUT2D eigenvalue weighted by Crippen LogP contribution is 2.28. The van der Waals surface area contributed by atoms with Crippen LogP contribution in [0.25, 0.3) is 10.2 Å². The van der Waals surface area contributed by atoms with Gasteiger partial charge in [-0.05, 0) is 30.7 Å². The van der Waals surface area contributed by atoms with Gasteiger partial charge in [-0.15, -0.1) is 11.8 Å². The standard InChI is InChI=1S/C16H13FN2OS2/c1-10-5-4-8-13-15(10)19-16(22-13)18-14(20)9-21-12-7-3-2-6-11(12)17/h2-8H,9H2,1H3,(H,18,19,20). The molecule has 1 aromatic heterocycles. The average molecular weight is 332 g/mol. The summed E-state index contributed by atoms with van der Waals surface area (Å²) in [5, 5.41) is 3.35. The summed E-state index contributed by atoms with van der Waals surface area (Å²) < 4.78 is 14.5. The monoisotopic (exact) mass is 332 g/mol. The molecule has 0 atom stereocenters. The predicted molar refractivity (Wildman–Crippen MR) is 90.1 cm³/mol. The van der Waals surface area contributed by atoms with Gasteiger partial charge in [0.2, 0.25) is 5.91 Å². The first kappa shape index (κ1) is 15.0. The molecular formula is C16H13FN2OS2. The Bertz CT molecular complexity index is 832. The molecule has 0 bridgehead atoms. The Morgan fingerprint density at radius 3 is 2.86 bits per heavy atom. The molecule has 112 valence electrons. The molecule has 3 rings (SSSR count). The molecule has 0 aliphatic carbocycles. The van der Waals surface area contributed by atoms with Gasteiger partial charge in [0, 0.05) is 4.90 Å². The number of halogens is 1. The van der Waals surface area contributed by atoms with Crippen LogP contribution in [0.15, 0.2) is 47.4 Å². The molecule has 0 aliphatic heterocycles. The first-order valence-corrected chi connectivity index (χ1v) is 8.47. The zero-order valence-electron chi connectivity index (χ0n) is 11.8. The van der Waals surface area contributed by atoms with E-state index in [9.17, 15) is 9.18 Å². The summed E-state index contributed by atoms with van der Waals surface area (Å²) in [6.07, 6.45) is 0. The third-order valence-electron chi connectivity index (χ3n) is 3.06. The van der Waals surface area contributed by atoms with E-state index in [1.807, 2.05) is 25.1 Å². The second kappa shape index (κ2) is 6.46. The highest BCUT2D eigenvalue weighted by Gasteiger charge is 2.10. The Labute approximate surface area is 135 Å². The Balaban J connectivity index is 1.66. The van der Waals surface area contributed by atoms with Crippen LogP contribution in [0.2, 0.25) is 0 Å². The van der Waals surface area contributed by atoms with Crippen LogP contribution in [-0.4, -0.2) is 16.6 Å². The van der Waals surface area contributed by atoms with Gasteiger partial charge in [-0.3, -0.25) is 4.79 Å². The van der Waals surface area contributed by atoms with Crippen LogP contribution in [0.1, 0.15) is 5.56 Å². The Morgan fingerprint density at radius 2 is 2.09 bits per heavy atom. The summed E-state index contributed by atoms with van der Waals surface area (Å²) in [5.74, 6) is -0.351. The minimum absolute atomic E-state index is 0.149. The van der Waals surface area contributed by atoms with Crippen molar-refractivity contribution < 1.29 is 9.18 Å². The van der Waals surface area contributed by atoms with Crippen LogP contribution in [0.3, 0.4) is 0 Å². The third-order valence-corrected chi connectivity index (χ3v) is 5.05. The van der Waals surface area contributed by atoms with Crippen molar-refractivity contribution in [1.29, 1.82) is 0 Å². The first-order valence-electron chi connectivity index (χ1n) is 6.67. The molecule has 3 nitrogen and oxygen atoms in total. The molecule has 0 radical (unpaired) electrons. The minimum atomic E-state index is -0.309. The Kier molecular flexibility index (Phi) is 4.40. The van der Waals surface area contributed by atoms with Crippen LogP contribution < -0.4 is 5.32 Å². The number of benzene rings is 2. The van der Waals surface area contributed by atoms with Gasteiger partial charge in [0.25, 0.3) is 0 Å². The summed E-state index contributed by atoms with van der Waals surface area (Å²) in [6.45, 7) is 1.99. The number of thiazole rings is 1. The van der Waals surface area contributed by atoms with E-state index in [2.05, 4.69) is 10.3 Å². The largest absolute Gasteiger partial charge is 0.301 e. The lowest BCUT2D eigenvalue weighted by Crippen LogP contribution is -2.13. The second-order valence-corrected chi connectivity index (χ2v) is 6.76. The summed E-state index contributed by atoms with van der Waals surface area (Å²) in [7, 11) is 0. The summed E-state index contributed by atoms with van der Waals surface area (Å²) in [6, 6.07) is 12.4. The van der Waals surface area contributed by atoms with E-state index in [-0.39, 0.29) is 17.5 Å². The number of hydrogen-bond acceptors (Lipinski definition) is 4. The van der Waals surface area contributed by atoms with Crippen molar-refractivity contribution in [1.82, 2.24) is 4.98 Å². The third kappa shape index (κ3) is 3.28. The van der Waals surface area contributed by atoms with Gasteiger partial charge in [0.1, 0.15) is 5.82 Å². The van der Waals surface area contributed by atoms with Gasteiger partial charge in [0.15, 0.2) is 5.13 Å². The highest BCUT2D eigenvalue weighted by molar-refractivity contribution is 8.00. The highest BCUT2D eigenvalue weighted by atomic mass is 32.2.